The van der Waals surface area contributed by atoms with E-state index in [0.717, 1.165) is 17.0 Å². The lowest BCUT2D eigenvalue weighted by molar-refractivity contribution is -0.126. The molecule has 124 valence electrons. The van der Waals surface area contributed by atoms with Crippen molar-refractivity contribution < 1.29 is 19.1 Å². The van der Waals surface area contributed by atoms with Gasteiger partial charge in [-0.25, -0.2) is 4.79 Å². The summed E-state index contributed by atoms with van der Waals surface area (Å²) >= 11 is 0. The summed E-state index contributed by atoms with van der Waals surface area (Å²) in [5, 5.41) is 0. The molecule has 0 saturated carbocycles. The van der Waals surface area contributed by atoms with Crippen LogP contribution in [0.4, 0.5) is 5.69 Å². The van der Waals surface area contributed by atoms with Crippen molar-refractivity contribution in [1.82, 2.24) is 0 Å². The molecule has 0 radical (unpaired) electrons. The standard InChI is InChI=1S/C19H19NO4/c1-3-20-15-6-4-5-7-16(15)24-17(18(20)21)12-13-8-10-14(11-9-13)19(22)23-2/h4-11,17H,3,12H2,1-2H3. The van der Waals surface area contributed by atoms with Crippen LogP contribution in [0, 0.1) is 0 Å². The van der Waals surface area contributed by atoms with Gasteiger partial charge in [-0.1, -0.05) is 24.3 Å². The summed E-state index contributed by atoms with van der Waals surface area (Å²) in [7, 11) is 1.35. The molecule has 1 aliphatic rings. The Balaban J connectivity index is 1.80. The van der Waals surface area contributed by atoms with Crippen LogP contribution in [0.3, 0.4) is 0 Å². The number of rotatable bonds is 4. The van der Waals surface area contributed by atoms with Gasteiger partial charge in [-0.15, -0.1) is 0 Å². The van der Waals surface area contributed by atoms with Gasteiger partial charge >= 0.3 is 5.97 Å². The molecule has 3 rings (SSSR count). The lowest BCUT2D eigenvalue weighted by atomic mass is 10.0. The van der Waals surface area contributed by atoms with Crippen LogP contribution in [0.1, 0.15) is 22.8 Å². The zero-order valence-electron chi connectivity index (χ0n) is 13.7. The van der Waals surface area contributed by atoms with Crippen molar-refractivity contribution in [3.05, 3.63) is 59.7 Å². The second kappa shape index (κ2) is 6.74. The molecule has 0 saturated heterocycles. The minimum atomic E-state index is -0.566. The van der Waals surface area contributed by atoms with E-state index in [-0.39, 0.29) is 11.9 Å². The zero-order valence-corrected chi connectivity index (χ0v) is 13.7. The minimum absolute atomic E-state index is 0.0479. The lowest BCUT2D eigenvalue weighted by Crippen LogP contribution is -2.46. The first kappa shape index (κ1) is 16.1. The number of carbonyl (C=O) groups excluding carboxylic acids is 2. The molecule has 1 unspecified atom stereocenters. The van der Waals surface area contributed by atoms with E-state index in [1.54, 1.807) is 17.0 Å². The molecule has 0 N–H and O–H groups in total. The van der Waals surface area contributed by atoms with E-state index in [0.29, 0.717) is 18.5 Å². The first-order chi connectivity index (χ1) is 11.6. The minimum Gasteiger partial charge on any atom is -0.478 e. The van der Waals surface area contributed by atoms with E-state index < -0.39 is 6.10 Å². The van der Waals surface area contributed by atoms with Gasteiger partial charge in [-0.05, 0) is 36.8 Å². The predicted molar refractivity (Wildman–Crippen MR) is 90.4 cm³/mol. The van der Waals surface area contributed by atoms with Crippen LogP contribution in [-0.4, -0.2) is 31.6 Å². The Kier molecular flexibility index (Phi) is 4.51. The highest BCUT2D eigenvalue weighted by atomic mass is 16.5. The van der Waals surface area contributed by atoms with E-state index in [2.05, 4.69) is 4.74 Å². The molecule has 1 aliphatic heterocycles. The van der Waals surface area contributed by atoms with Crippen LogP contribution in [0.25, 0.3) is 0 Å². The number of para-hydroxylation sites is 2. The monoisotopic (exact) mass is 325 g/mol. The molecule has 1 heterocycles. The van der Waals surface area contributed by atoms with Gasteiger partial charge < -0.3 is 14.4 Å². The van der Waals surface area contributed by atoms with Crippen LogP contribution >= 0.6 is 0 Å². The molecule has 5 heteroatoms. The van der Waals surface area contributed by atoms with Gasteiger partial charge in [-0.3, -0.25) is 4.79 Å². The highest BCUT2D eigenvalue weighted by molar-refractivity contribution is 6.00. The Bertz CT molecular complexity index is 754. The van der Waals surface area contributed by atoms with Crippen molar-refractivity contribution in [3.8, 4) is 5.75 Å². The smallest absolute Gasteiger partial charge is 0.337 e. The molecule has 0 spiro atoms. The van der Waals surface area contributed by atoms with Crippen molar-refractivity contribution in [2.45, 2.75) is 19.4 Å². The summed E-state index contributed by atoms with van der Waals surface area (Å²) in [4.78, 5) is 25.9. The van der Waals surface area contributed by atoms with E-state index in [1.165, 1.54) is 7.11 Å². The second-order valence-corrected chi connectivity index (χ2v) is 5.55. The number of benzene rings is 2. The van der Waals surface area contributed by atoms with Crippen LogP contribution < -0.4 is 9.64 Å². The largest absolute Gasteiger partial charge is 0.478 e. The molecule has 0 aromatic heterocycles. The zero-order chi connectivity index (χ0) is 17.1. The summed E-state index contributed by atoms with van der Waals surface area (Å²) < 4.78 is 10.6. The molecule has 1 amide bonds. The lowest BCUT2D eigenvalue weighted by Gasteiger charge is -2.33. The van der Waals surface area contributed by atoms with E-state index in [4.69, 9.17) is 4.74 Å². The van der Waals surface area contributed by atoms with Gasteiger partial charge in [0.15, 0.2) is 6.10 Å². The quantitative estimate of drug-likeness (QED) is 0.811. The number of anilines is 1. The number of fused-ring (bicyclic) bond motifs is 1. The van der Waals surface area contributed by atoms with Crippen molar-refractivity contribution in [1.29, 1.82) is 0 Å². The summed E-state index contributed by atoms with van der Waals surface area (Å²) in [6.07, 6.45) is -0.116. The Morgan fingerprint density at radius 1 is 1.17 bits per heavy atom. The summed E-state index contributed by atoms with van der Waals surface area (Å²) in [6.45, 7) is 2.54. The number of carbonyl (C=O) groups is 2. The highest BCUT2D eigenvalue weighted by Gasteiger charge is 2.33. The normalized spacial score (nSPS) is 16.3. The van der Waals surface area contributed by atoms with Gasteiger partial charge in [0.1, 0.15) is 5.75 Å². The SMILES string of the molecule is CCN1C(=O)C(Cc2ccc(C(=O)OC)cc2)Oc2ccccc21. The topological polar surface area (TPSA) is 55.8 Å². The third-order valence-electron chi connectivity index (χ3n) is 4.08. The van der Waals surface area contributed by atoms with Gasteiger partial charge in [-0.2, -0.15) is 0 Å². The molecular weight excluding hydrogens is 306 g/mol. The Labute approximate surface area is 140 Å². The predicted octanol–water partition coefficient (Wildman–Crippen LogP) is 2.83. The maximum absolute atomic E-state index is 12.7. The molecule has 2 aromatic rings. The number of methoxy groups -OCH3 is 1. The number of ether oxygens (including phenoxy) is 2. The van der Waals surface area contributed by atoms with Crippen LogP contribution in [-0.2, 0) is 16.0 Å². The number of hydrogen-bond acceptors (Lipinski definition) is 4. The number of nitrogens with zero attached hydrogens (tertiary/aromatic N) is 1. The van der Waals surface area contributed by atoms with Gasteiger partial charge in [0.25, 0.3) is 5.91 Å². The number of hydrogen-bond donors (Lipinski definition) is 0. The van der Waals surface area contributed by atoms with Gasteiger partial charge in [0, 0.05) is 13.0 Å². The molecule has 24 heavy (non-hydrogen) atoms. The third-order valence-corrected chi connectivity index (χ3v) is 4.08. The summed E-state index contributed by atoms with van der Waals surface area (Å²) in [5.74, 6) is 0.293. The van der Waals surface area contributed by atoms with Crippen LogP contribution in [0.5, 0.6) is 5.75 Å². The molecule has 5 nitrogen and oxygen atoms in total. The fourth-order valence-corrected chi connectivity index (χ4v) is 2.84. The van der Waals surface area contributed by atoms with Crippen LogP contribution in [0.2, 0.25) is 0 Å². The number of likely N-dealkylation sites (N-methyl/N-ethyl adjacent to an activating group) is 1. The molecule has 0 fully saturated rings. The highest BCUT2D eigenvalue weighted by Crippen LogP contribution is 2.34. The van der Waals surface area contributed by atoms with Crippen molar-refractivity contribution in [2.24, 2.45) is 0 Å². The Hall–Kier alpha value is -2.82. The number of amides is 1. The average molecular weight is 325 g/mol. The molecule has 0 aliphatic carbocycles. The molecule has 1 atom stereocenters. The first-order valence-electron chi connectivity index (χ1n) is 7.88. The molecular formula is C19H19NO4. The van der Waals surface area contributed by atoms with E-state index in [1.807, 2.05) is 43.3 Å². The second-order valence-electron chi connectivity index (χ2n) is 5.55. The van der Waals surface area contributed by atoms with E-state index in [9.17, 15) is 9.59 Å². The summed E-state index contributed by atoms with van der Waals surface area (Å²) in [5.41, 5.74) is 2.22. The third kappa shape index (κ3) is 2.97. The molecule has 0 bridgehead atoms. The van der Waals surface area contributed by atoms with Crippen LogP contribution in [0.15, 0.2) is 48.5 Å². The van der Waals surface area contributed by atoms with Crippen molar-refractivity contribution in [3.63, 3.8) is 0 Å². The average Bonchev–Trinajstić information content (AvgIpc) is 2.62. The van der Waals surface area contributed by atoms with Crippen molar-refractivity contribution >= 4 is 17.6 Å². The maximum atomic E-state index is 12.7. The Morgan fingerprint density at radius 3 is 2.54 bits per heavy atom. The van der Waals surface area contributed by atoms with Gasteiger partial charge in [0.05, 0.1) is 18.4 Å². The number of esters is 1. The van der Waals surface area contributed by atoms with Gasteiger partial charge in [0.2, 0.25) is 0 Å². The maximum Gasteiger partial charge on any atom is 0.337 e. The fraction of sp³-hybridized carbons (Fsp3) is 0.263. The first-order valence-corrected chi connectivity index (χ1v) is 7.88. The van der Waals surface area contributed by atoms with E-state index >= 15 is 0 Å². The fourth-order valence-electron chi connectivity index (χ4n) is 2.84. The Morgan fingerprint density at radius 2 is 1.88 bits per heavy atom. The summed E-state index contributed by atoms with van der Waals surface area (Å²) in [6, 6.07) is 14.6. The molecule has 2 aromatic carbocycles. The van der Waals surface area contributed by atoms with Crippen molar-refractivity contribution in [2.75, 3.05) is 18.6 Å².